The molecule has 1 aliphatic rings. The van der Waals surface area contributed by atoms with Crippen molar-refractivity contribution in [2.45, 2.75) is 53.0 Å². The molecule has 2 aromatic rings. The van der Waals surface area contributed by atoms with Crippen LogP contribution in [0, 0.1) is 12.8 Å². The maximum absolute atomic E-state index is 12.8. The summed E-state index contributed by atoms with van der Waals surface area (Å²) in [7, 11) is 0. The van der Waals surface area contributed by atoms with Gasteiger partial charge in [-0.3, -0.25) is 9.48 Å². The van der Waals surface area contributed by atoms with Gasteiger partial charge in [0.1, 0.15) is 5.69 Å². The van der Waals surface area contributed by atoms with Crippen LogP contribution in [0.5, 0.6) is 0 Å². The fraction of sp³-hybridized carbons (Fsp3) is 0.619. The van der Waals surface area contributed by atoms with Crippen LogP contribution in [0.4, 0.5) is 0 Å². The molecule has 1 amide bonds. The van der Waals surface area contributed by atoms with Crippen molar-refractivity contribution in [3.8, 4) is 0 Å². The second-order valence-electron chi connectivity index (χ2n) is 7.57. The first-order chi connectivity index (χ1) is 14.5. The zero-order valence-electron chi connectivity index (χ0n) is 17.9. The van der Waals surface area contributed by atoms with Crippen LogP contribution in [0.3, 0.4) is 0 Å². The molecule has 0 unspecified atom stereocenters. The summed E-state index contributed by atoms with van der Waals surface area (Å²) >= 11 is 0. The Kier molecular flexibility index (Phi) is 7.62. The highest BCUT2D eigenvalue weighted by Gasteiger charge is 2.24. The van der Waals surface area contributed by atoms with Gasteiger partial charge in [0.25, 0.3) is 5.91 Å². The number of carbonyl (C=O) groups is 2. The molecule has 0 fully saturated rings. The van der Waals surface area contributed by atoms with Crippen molar-refractivity contribution in [3.63, 3.8) is 0 Å². The van der Waals surface area contributed by atoms with Crippen molar-refractivity contribution in [3.05, 3.63) is 34.8 Å². The van der Waals surface area contributed by atoms with E-state index in [0.717, 1.165) is 30.5 Å². The second kappa shape index (κ2) is 10.4. The third-order valence-electron chi connectivity index (χ3n) is 4.98. The van der Waals surface area contributed by atoms with Gasteiger partial charge in [0, 0.05) is 38.8 Å². The van der Waals surface area contributed by atoms with E-state index < -0.39 is 5.97 Å². The molecule has 1 aliphatic heterocycles. The number of hydrogen-bond donors (Lipinski definition) is 1. The van der Waals surface area contributed by atoms with Gasteiger partial charge in [-0.15, -0.1) is 0 Å². The fourth-order valence-electron chi connectivity index (χ4n) is 3.51. The van der Waals surface area contributed by atoms with Gasteiger partial charge in [0.15, 0.2) is 5.89 Å². The molecule has 2 aromatic heterocycles. The summed E-state index contributed by atoms with van der Waals surface area (Å²) in [6, 6.07) is 0. The van der Waals surface area contributed by atoms with Gasteiger partial charge >= 0.3 is 5.97 Å². The average Bonchev–Trinajstić information content (AvgIpc) is 3.30. The maximum atomic E-state index is 12.8. The van der Waals surface area contributed by atoms with Crippen LogP contribution in [0.15, 0.2) is 10.6 Å². The van der Waals surface area contributed by atoms with Crippen LogP contribution in [0.1, 0.15) is 64.9 Å². The average molecular weight is 418 g/mol. The molecule has 1 N–H and O–H groups in total. The summed E-state index contributed by atoms with van der Waals surface area (Å²) < 4.78 is 18.0. The SMILES string of the molecule is CCn1nc(C[C@@H](C)COC(=O)c2cnc(C)o2)c2c1C(=O)NCCCOCCC2. The quantitative estimate of drug-likeness (QED) is 0.717. The minimum atomic E-state index is -0.530. The highest BCUT2D eigenvalue weighted by Crippen LogP contribution is 2.21. The Balaban J connectivity index is 1.71. The lowest BCUT2D eigenvalue weighted by Crippen LogP contribution is -2.28. The first kappa shape index (κ1) is 22.0. The Morgan fingerprint density at radius 1 is 1.37 bits per heavy atom. The summed E-state index contributed by atoms with van der Waals surface area (Å²) in [5.41, 5.74) is 2.47. The van der Waals surface area contributed by atoms with Crippen molar-refractivity contribution >= 4 is 11.9 Å². The Labute approximate surface area is 176 Å². The number of nitrogens with one attached hydrogen (secondary N) is 1. The number of rotatable bonds is 6. The van der Waals surface area contributed by atoms with Gasteiger partial charge in [0.2, 0.25) is 5.76 Å². The lowest BCUT2D eigenvalue weighted by Gasteiger charge is -2.12. The maximum Gasteiger partial charge on any atom is 0.375 e. The number of aryl methyl sites for hydroxylation is 2. The molecule has 0 bridgehead atoms. The molecular weight excluding hydrogens is 388 g/mol. The molecule has 1 atom stereocenters. The number of fused-ring (bicyclic) bond motifs is 1. The highest BCUT2D eigenvalue weighted by molar-refractivity contribution is 5.94. The van der Waals surface area contributed by atoms with Crippen LogP contribution in [0.2, 0.25) is 0 Å². The molecule has 0 spiro atoms. The number of nitrogens with zero attached hydrogens (tertiary/aromatic N) is 3. The summed E-state index contributed by atoms with van der Waals surface area (Å²) in [6.45, 7) is 8.36. The van der Waals surface area contributed by atoms with Crippen LogP contribution >= 0.6 is 0 Å². The van der Waals surface area contributed by atoms with E-state index in [4.69, 9.17) is 19.0 Å². The van der Waals surface area contributed by atoms with Gasteiger partial charge in [-0.25, -0.2) is 9.78 Å². The third-order valence-corrected chi connectivity index (χ3v) is 4.98. The van der Waals surface area contributed by atoms with Gasteiger partial charge in [-0.2, -0.15) is 5.10 Å². The second-order valence-corrected chi connectivity index (χ2v) is 7.57. The van der Waals surface area contributed by atoms with Gasteiger partial charge in [-0.05, 0) is 38.5 Å². The van der Waals surface area contributed by atoms with Crippen LogP contribution in [-0.2, 0) is 28.9 Å². The van der Waals surface area contributed by atoms with Crippen molar-refractivity contribution in [1.82, 2.24) is 20.1 Å². The number of aromatic nitrogens is 3. The van der Waals surface area contributed by atoms with Gasteiger partial charge in [0.05, 0.1) is 18.5 Å². The predicted molar refractivity (Wildman–Crippen MR) is 108 cm³/mol. The van der Waals surface area contributed by atoms with Crippen LogP contribution < -0.4 is 5.32 Å². The van der Waals surface area contributed by atoms with E-state index in [2.05, 4.69) is 10.3 Å². The number of hydrogen-bond acceptors (Lipinski definition) is 7. The molecule has 0 aromatic carbocycles. The van der Waals surface area contributed by atoms with Crippen molar-refractivity contribution in [1.29, 1.82) is 0 Å². The first-order valence-electron chi connectivity index (χ1n) is 10.5. The minimum Gasteiger partial charge on any atom is -0.459 e. The molecule has 164 valence electrons. The van der Waals surface area contributed by atoms with Crippen LogP contribution in [-0.4, -0.2) is 53.0 Å². The zero-order chi connectivity index (χ0) is 21.5. The molecule has 3 heterocycles. The number of esters is 1. The molecule has 3 rings (SSSR count). The molecule has 0 saturated heterocycles. The third kappa shape index (κ3) is 5.47. The fourth-order valence-corrected chi connectivity index (χ4v) is 3.51. The zero-order valence-corrected chi connectivity index (χ0v) is 17.9. The minimum absolute atomic E-state index is 0.0276. The van der Waals surface area contributed by atoms with E-state index in [0.29, 0.717) is 44.3 Å². The van der Waals surface area contributed by atoms with E-state index in [9.17, 15) is 9.59 Å². The normalized spacial score (nSPS) is 16.3. The summed E-state index contributed by atoms with van der Waals surface area (Å²) in [6.07, 6.45) is 4.31. The molecule has 0 aliphatic carbocycles. The van der Waals surface area contributed by atoms with E-state index >= 15 is 0 Å². The van der Waals surface area contributed by atoms with E-state index in [1.54, 1.807) is 11.6 Å². The summed E-state index contributed by atoms with van der Waals surface area (Å²) in [4.78, 5) is 28.8. The monoisotopic (exact) mass is 418 g/mol. The van der Waals surface area contributed by atoms with Gasteiger partial charge < -0.3 is 19.2 Å². The smallest absolute Gasteiger partial charge is 0.375 e. The van der Waals surface area contributed by atoms with E-state index in [1.807, 2.05) is 13.8 Å². The molecular formula is C21H30N4O5. The summed E-state index contributed by atoms with van der Waals surface area (Å²) in [5, 5.41) is 7.68. The Hall–Kier alpha value is -2.68. The largest absolute Gasteiger partial charge is 0.459 e. The Bertz CT molecular complexity index is 873. The summed E-state index contributed by atoms with van der Waals surface area (Å²) in [5.74, 6) is -0.0759. The number of amides is 1. The number of ether oxygens (including phenoxy) is 2. The number of carbonyl (C=O) groups excluding carboxylic acids is 2. The topological polar surface area (TPSA) is 108 Å². The van der Waals surface area contributed by atoms with Gasteiger partial charge in [-0.1, -0.05) is 6.92 Å². The van der Waals surface area contributed by atoms with E-state index in [-0.39, 0.29) is 24.2 Å². The number of oxazole rings is 1. The van der Waals surface area contributed by atoms with Crippen molar-refractivity contribution in [2.24, 2.45) is 5.92 Å². The Morgan fingerprint density at radius 3 is 2.90 bits per heavy atom. The molecule has 30 heavy (non-hydrogen) atoms. The molecule has 9 nitrogen and oxygen atoms in total. The highest BCUT2D eigenvalue weighted by atomic mass is 16.5. The molecule has 9 heteroatoms. The van der Waals surface area contributed by atoms with Crippen molar-refractivity contribution in [2.75, 3.05) is 26.4 Å². The van der Waals surface area contributed by atoms with Crippen LogP contribution in [0.25, 0.3) is 0 Å². The van der Waals surface area contributed by atoms with Crippen molar-refractivity contribution < 1.29 is 23.5 Å². The lowest BCUT2D eigenvalue weighted by molar-refractivity contribution is 0.0411. The Morgan fingerprint density at radius 2 is 2.17 bits per heavy atom. The lowest BCUT2D eigenvalue weighted by atomic mass is 9.99. The first-order valence-corrected chi connectivity index (χ1v) is 10.5. The predicted octanol–water partition coefficient (Wildman–Crippen LogP) is 2.32. The standard InChI is InChI=1S/C21H30N4O5/c1-4-25-19-16(7-5-9-28-10-6-8-22-20(19)26)17(24-25)11-14(2)13-29-21(27)18-12-23-15(3)30-18/h12,14H,4-11,13H2,1-3H3,(H,22,26)/t14-/m1/s1. The molecule has 0 radical (unpaired) electrons. The van der Waals surface area contributed by atoms with E-state index in [1.165, 1.54) is 6.20 Å². The molecule has 0 saturated carbocycles.